The highest BCUT2D eigenvalue weighted by atomic mass is 19.1. The van der Waals surface area contributed by atoms with Crippen molar-refractivity contribution < 1.29 is 28.2 Å². The highest BCUT2D eigenvalue weighted by Gasteiger charge is 2.29. The number of fused-ring (bicyclic) bond motifs is 1. The normalized spacial score (nSPS) is 15.3. The molecule has 14 heteroatoms. The van der Waals surface area contributed by atoms with Gasteiger partial charge in [0.2, 0.25) is 0 Å². The van der Waals surface area contributed by atoms with Gasteiger partial charge in [0.15, 0.2) is 11.6 Å². The molecule has 5 heterocycles. The van der Waals surface area contributed by atoms with Gasteiger partial charge in [-0.2, -0.15) is 9.78 Å². The van der Waals surface area contributed by atoms with Crippen molar-refractivity contribution in [1.29, 1.82) is 0 Å². The number of nitrogens with zero attached hydrogens (tertiary/aromatic N) is 8. The summed E-state index contributed by atoms with van der Waals surface area (Å²) < 4.78 is 33.9. The Balaban J connectivity index is 1.09. The molecule has 4 aromatic rings. The van der Waals surface area contributed by atoms with Gasteiger partial charge in [-0.25, -0.2) is 19.2 Å². The molecule has 276 valence electrons. The van der Waals surface area contributed by atoms with Crippen molar-refractivity contribution in [3.8, 4) is 17.2 Å². The van der Waals surface area contributed by atoms with Crippen LogP contribution in [-0.2, 0) is 24.2 Å². The first-order chi connectivity index (χ1) is 24.9. The van der Waals surface area contributed by atoms with Crippen molar-refractivity contribution in [2.75, 3.05) is 31.1 Å². The van der Waals surface area contributed by atoms with Gasteiger partial charge in [0.1, 0.15) is 35.3 Å². The number of benzene rings is 1. The molecule has 1 aromatic carbocycles. The minimum Gasteiger partial charge on any atom is -0.490 e. The summed E-state index contributed by atoms with van der Waals surface area (Å²) in [5.41, 5.74) is 2.57. The molecule has 13 nitrogen and oxygen atoms in total. The summed E-state index contributed by atoms with van der Waals surface area (Å²) in [6.45, 7) is 15.1. The van der Waals surface area contributed by atoms with Crippen molar-refractivity contribution in [2.24, 2.45) is 0 Å². The standard InChI is InChI=1S/C38H47FN8O5/c1-7-46(25(2)3)36(48)29-18-27(39)8-9-32(29)51-34-20-40-24-42-35(34)45-16-11-28(12-17-45)50-33-10-14-41-31-13-15-44(23-30(31)33)21-26-19-43-47(22-26)37(49)52-38(4,5)6/h8-10,14,18-20,22,24-25,28H,7,11-13,15-17,21,23H2,1-6H3. The summed E-state index contributed by atoms with van der Waals surface area (Å²) >= 11 is 0. The lowest BCUT2D eigenvalue weighted by Crippen LogP contribution is -2.39. The van der Waals surface area contributed by atoms with Gasteiger partial charge in [0.05, 0.1) is 18.0 Å². The van der Waals surface area contributed by atoms with Gasteiger partial charge in [-0.05, 0) is 65.8 Å². The SMILES string of the molecule is CCN(C(=O)c1cc(F)ccc1Oc1cncnc1N1CCC(Oc2ccnc3c2CN(Cc2cnn(C(=O)OC(C)(C)C)c2)CC3)CC1)C(C)C. The van der Waals surface area contributed by atoms with Crippen molar-refractivity contribution >= 4 is 17.8 Å². The molecular formula is C38H47FN8O5. The largest absolute Gasteiger partial charge is 0.490 e. The average molecular weight is 715 g/mol. The predicted molar refractivity (Wildman–Crippen MR) is 192 cm³/mol. The van der Waals surface area contributed by atoms with Gasteiger partial charge in [-0.15, -0.1) is 0 Å². The maximum atomic E-state index is 14.4. The van der Waals surface area contributed by atoms with E-state index in [-0.39, 0.29) is 29.4 Å². The van der Waals surface area contributed by atoms with E-state index in [0.717, 1.165) is 48.4 Å². The van der Waals surface area contributed by atoms with Crippen LogP contribution in [0.5, 0.6) is 17.2 Å². The second-order valence-corrected chi connectivity index (χ2v) is 14.4. The Hall–Kier alpha value is -5.11. The fourth-order valence-electron chi connectivity index (χ4n) is 6.58. The predicted octanol–water partition coefficient (Wildman–Crippen LogP) is 6.26. The number of ether oxygens (including phenoxy) is 3. The van der Waals surface area contributed by atoms with Crippen LogP contribution in [-0.4, -0.2) is 90.5 Å². The van der Waals surface area contributed by atoms with E-state index in [1.165, 1.54) is 29.2 Å². The summed E-state index contributed by atoms with van der Waals surface area (Å²) in [7, 11) is 0. The Kier molecular flexibility index (Phi) is 11.0. The number of pyridine rings is 1. The van der Waals surface area contributed by atoms with Crippen LogP contribution in [0.1, 0.15) is 81.6 Å². The molecule has 3 aromatic heterocycles. The van der Waals surface area contributed by atoms with Crippen LogP contribution in [0.2, 0.25) is 0 Å². The smallest absolute Gasteiger partial charge is 0.435 e. The quantitative estimate of drug-likeness (QED) is 0.185. The lowest BCUT2D eigenvalue weighted by Gasteiger charge is -2.35. The summed E-state index contributed by atoms with van der Waals surface area (Å²) in [4.78, 5) is 45.3. The number of rotatable bonds is 10. The van der Waals surface area contributed by atoms with Gasteiger partial charge in [0.25, 0.3) is 5.91 Å². The average Bonchev–Trinajstić information content (AvgIpc) is 3.58. The minimum absolute atomic E-state index is 0.0197. The number of hydrogen-bond acceptors (Lipinski definition) is 11. The van der Waals surface area contributed by atoms with E-state index < -0.39 is 17.5 Å². The maximum Gasteiger partial charge on any atom is 0.435 e. The van der Waals surface area contributed by atoms with Crippen LogP contribution < -0.4 is 14.4 Å². The molecule has 1 saturated heterocycles. The summed E-state index contributed by atoms with van der Waals surface area (Å²) in [5.74, 6) is 1.24. The Morgan fingerprint density at radius 3 is 2.56 bits per heavy atom. The van der Waals surface area contributed by atoms with E-state index in [2.05, 4.69) is 29.9 Å². The van der Waals surface area contributed by atoms with Gasteiger partial charge >= 0.3 is 6.09 Å². The van der Waals surface area contributed by atoms with Crippen molar-refractivity contribution in [2.45, 2.75) is 91.6 Å². The molecule has 1 fully saturated rings. The third kappa shape index (κ3) is 8.67. The summed E-state index contributed by atoms with van der Waals surface area (Å²) in [5, 5.41) is 4.22. The minimum atomic E-state index is -0.602. The van der Waals surface area contributed by atoms with E-state index in [0.29, 0.717) is 44.3 Å². The molecule has 0 atom stereocenters. The zero-order chi connectivity index (χ0) is 37.0. The number of anilines is 1. The number of piperidine rings is 1. The Morgan fingerprint density at radius 2 is 1.83 bits per heavy atom. The third-order valence-electron chi connectivity index (χ3n) is 9.08. The van der Waals surface area contributed by atoms with Gasteiger partial charge in [-0.3, -0.25) is 14.7 Å². The van der Waals surface area contributed by atoms with Crippen LogP contribution in [0.3, 0.4) is 0 Å². The monoisotopic (exact) mass is 714 g/mol. The number of carbonyl (C=O) groups is 2. The number of halogens is 1. The van der Waals surface area contributed by atoms with Crippen LogP contribution >= 0.6 is 0 Å². The maximum absolute atomic E-state index is 14.4. The molecule has 0 saturated carbocycles. The highest BCUT2D eigenvalue weighted by Crippen LogP contribution is 2.35. The molecule has 2 aliphatic rings. The fourth-order valence-corrected chi connectivity index (χ4v) is 6.58. The molecule has 2 aliphatic heterocycles. The summed E-state index contributed by atoms with van der Waals surface area (Å²) in [6, 6.07) is 5.84. The lowest BCUT2D eigenvalue weighted by atomic mass is 10.0. The number of aromatic nitrogens is 5. The first-order valence-corrected chi connectivity index (χ1v) is 17.8. The van der Waals surface area contributed by atoms with Crippen molar-refractivity contribution in [3.05, 3.63) is 83.6 Å². The number of carbonyl (C=O) groups excluding carboxylic acids is 2. The van der Waals surface area contributed by atoms with Crippen molar-refractivity contribution in [1.82, 2.24) is 34.5 Å². The Morgan fingerprint density at radius 1 is 1.04 bits per heavy atom. The molecular weight excluding hydrogens is 667 g/mol. The molecule has 0 bridgehead atoms. The van der Waals surface area contributed by atoms with E-state index in [4.69, 9.17) is 14.2 Å². The second-order valence-electron chi connectivity index (χ2n) is 14.4. The van der Waals surface area contributed by atoms with Crippen LogP contribution in [0, 0.1) is 5.82 Å². The summed E-state index contributed by atoms with van der Waals surface area (Å²) in [6.07, 6.45) is 10.0. The first-order valence-electron chi connectivity index (χ1n) is 17.8. The van der Waals surface area contributed by atoms with E-state index >= 15 is 0 Å². The van der Waals surface area contributed by atoms with Crippen LogP contribution in [0.4, 0.5) is 15.0 Å². The Labute approximate surface area is 303 Å². The Bertz CT molecular complexity index is 1890. The van der Waals surface area contributed by atoms with Gasteiger partial charge in [-0.1, -0.05) is 0 Å². The number of amides is 1. The van der Waals surface area contributed by atoms with Crippen molar-refractivity contribution in [3.63, 3.8) is 0 Å². The number of hydrogen-bond donors (Lipinski definition) is 0. The lowest BCUT2D eigenvalue weighted by molar-refractivity contribution is 0.0513. The molecule has 1 amide bonds. The fraction of sp³-hybridized carbons (Fsp3) is 0.474. The molecule has 52 heavy (non-hydrogen) atoms. The van der Waals surface area contributed by atoms with Crippen LogP contribution in [0.25, 0.3) is 0 Å². The molecule has 0 spiro atoms. The molecule has 0 aliphatic carbocycles. The van der Waals surface area contributed by atoms with E-state index in [1.54, 1.807) is 23.5 Å². The zero-order valence-electron chi connectivity index (χ0n) is 30.7. The molecule has 6 rings (SSSR count). The topological polar surface area (TPSA) is 128 Å². The molecule has 0 N–H and O–H groups in total. The highest BCUT2D eigenvalue weighted by molar-refractivity contribution is 5.97. The first kappa shape index (κ1) is 36.7. The van der Waals surface area contributed by atoms with Crippen LogP contribution in [0.15, 0.2) is 55.4 Å². The molecule has 0 radical (unpaired) electrons. The third-order valence-corrected chi connectivity index (χ3v) is 9.08. The van der Waals surface area contributed by atoms with Gasteiger partial charge < -0.3 is 24.0 Å². The second kappa shape index (κ2) is 15.6. The zero-order valence-corrected chi connectivity index (χ0v) is 30.7. The molecule has 0 unspecified atom stereocenters. The van der Waals surface area contributed by atoms with E-state index in [9.17, 15) is 14.0 Å². The van der Waals surface area contributed by atoms with Gasteiger partial charge in [0, 0.05) is 93.8 Å². The van der Waals surface area contributed by atoms with E-state index in [1.807, 2.05) is 53.8 Å².